The van der Waals surface area contributed by atoms with Gasteiger partial charge in [0, 0.05) is 29.5 Å². The van der Waals surface area contributed by atoms with E-state index in [2.05, 4.69) is 29.2 Å². The van der Waals surface area contributed by atoms with Crippen LogP contribution in [0.5, 0.6) is 5.88 Å². The van der Waals surface area contributed by atoms with E-state index >= 15 is 0 Å². The quantitative estimate of drug-likeness (QED) is 0.520. The number of methoxy groups -OCH3 is 1. The zero-order valence-corrected chi connectivity index (χ0v) is 16.4. The van der Waals surface area contributed by atoms with E-state index in [4.69, 9.17) is 4.74 Å². The van der Waals surface area contributed by atoms with E-state index in [1.165, 1.54) is 18.9 Å². The molecule has 0 aliphatic heterocycles. The number of carbonyl (C=O) groups excluding carboxylic acids is 1. The van der Waals surface area contributed by atoms with Crippen molar-refractivity contribution in [1.29, 1.82) is 0 Å². The first kappa shape index (κ1) is 18.2. The summed E-state index contributed by atoms with van der Waals surface area (Å²) in [6.07, 6.45) is 3.48. The predicted octanol–water partition coefficient (Wildman–Crippen LogP) is 2.88. The lowest BCUT2D eigenvalue weighted by Gasteiger charge is -2.09. The maximum atomic E-state index is 11.0. The molecule has 9 heteroatoms. The van der Waals surface area contributed by atoms with E-state index < -0.39 is 0 Å². The average molecular weight is 394 g/mol. The number of pyridine rings is 3. The van der Waals surface area contributed by atoms with Crippen molar-refractivity contribution < 1.29 is 9.53 Å². The minimum Gasteiger partial charge on any atom is -0.481 e. The highest BCUT2D eigenvalue weighted by atomic mass is 32.2. The van der Waals surface area contributed by atoms with Crippen LogP contribution in [-0.4, -0.2) is 37.5 Å². The lowest BCUT2D eigenvalue weighted by molar-refractivity contribution is -0.117. The molecule has 1 N–H and O–H groups in total. The number of nitrogens with zero attached hydrogens (tertiary/aromatic N) is 5. The van der Waals surface area contributed by atoms with Gasteiger partial charge < -0.3 is 9.30 Å². The van der Waals surface area contributed by atoms with Gasteiger partial charge in [-0.05, 0) is 37.1 Å². The molecule has 8 nitrogen and oxygen atoms in total. The zero-order valence-electron chi connectivity index (χ0n) is 15.6. The highest BCUT2D eigenvalue weighted by molar-refractivity contribution is 7.98. The third kappa shape index (κ3) is 3.48. The van der Waals surface area contributed by atoms with Crippen molar-refractivity contribution in [3.63, 3.8) is 0 Å². The lowest BCUT2D eigenvalue weighted by Crippen LogP contribution is -2.10. The van der Waals surface area contributed by atoms with Gasteiger partial charge >= 0.3 is 0 Å². The summed E-state index contributed by atoms with van der Waals surface area (Å²) in [7, 11) is 1.58. The van der Waals surface area contributed by atoms with Gasteiger partial charge in [0.05, 0.1) is 31.1 Å². The zero-order chi connectivity index (χ0) is 19.7. The fourth-order valence-electron chi connectivity index (χ4n) is 2.96. The Kier molecular flexibility index (Phi) is 4.82. The van der Waals surface area contributed by atoms with E-state index in [9.17, 15) is 4.79 Å². The van der Waals surface area contributed by atoms with Crippen molar-refractivity contribution in [3.8, 4) is 5.88 Å². The van der Waals surface area contributed by atoms with E-state index in [0.29, 0.717) is 18.1 Å². The molecular formula is C19H18N6O2S. The smallest absolute Gasteiger partial charge is 0.226 e. The topological polar surface area (TPSA) is 94.8 Å². The number of carbonyl (C=O) groups is 1. The summed E-state index contributed by atoms with van der Waals surface area (Å²) in [5.74, 6) is 1.30. The largest absolute Gasteiger partial charge is 0.481 e. The van der Waals surface area contributed by atoms with E-state index in [1.807, 2.05) is 31.2 Å². The standard InChI is InChI=1S/C19H18N6O2S/c1-11-22-16-9-21-19-15(6-7-17(23-19)27-3)18(16)25(11)10-13-4-5-14(8-20-13)28-24-12(2)26/h4-9H,10H2,1-3H3,(H,24,26). The molecule has 0 fully saturated rings. The van der Waals surface area contributed by atoms with Gasteiger partial charge in [-0.15, -0.1) is 0 Å². The lowest BCUT2D eigenvalue weighted by atomic mass is 10.2. The molecule has 0 saturated carbocycles. The molecule has 0 radical (unpaired) electrons. The van der Waals surface area contributed by atoms with Crippen LogP contribution in [0.1, 0.15) is 18.4 Å². The molecule has 0 aliphatic carbocycles. The number of rotatable bonds is 5. The Morgan fingerprint density at radius 3 is 2.75 bits per heavy atom. The molecule has 0 aliphatic rings. The number of amides is 1. The van der Waals surface area contributed by atoms with Crippen LogP contribution in [0.25, 0.3) is 22.1 Å². The first-order chi connectivity index (χ1) is 13.5. The van der Waals surface area contributed by atoms with Crippen LogP contribution >= 0.6 is 11.9 Å². The van der Waals surface area contributed by atoms with Crippen LogP contribution in [0.2, 0.25) is 0 Å². The summed E-state index contributed by atoms with van der Waals surface area (Å²) >= 11 is 1.25. The van der Waals surface area contributed by atoms with Gasteiger partial charge in [0.2, 0.25) is 11.8 Å². The summed E-state index contributed by atoms with van der Waals surface area (Å²) < 4.78 is 10.00. The van der Waals surface area contributed by atoms with Crippen molar-refractivity contribution >= 4 is 39.9 Å². The van der Waals surface area contributed by atoms with Crippen molar-refractivity contribution in [2.45, 2.75) is 25.3 Å². The molecule has 0 unspecified atom stereocenters. The number of hydrogen-bond acceptors (Lipinski definition) is 7. The van der Waals surface area contributed by atoms with E-state index in [1.54, 1.807) is 19.5 Å². The van der Waals surface area contributed by atoms with Gasteiger partial charge in [-0.2, -0.15) is 4.98 Å². The van der Waals surface area contributed by atoms with Crippen LogP contribution in [0.4, 0.5) is 0 Å². The summed E-state index contributed by atoms with van der Waals surface area (Å²) in [6.45, 7) is 4.01. The van der Waals surface area contributed by atoms with Crippen LogP contribution < -0.4 is 9.46 Å². The highest BCUT2D eigenvalue weighted by Gasteiger charge is 2.14. The molecular weight excluding hydrogens is 376 g/mol. The van der Waals surface area contributed by atoms with Crippen LogP contribution in [0, 0.1) is 6.92 Å². The first-order valence-electron chi connectivity index (χ1n) is 8.60. The normalized spacial score (nSPS) is 11.1. The molecule has 0 atom stereocenters. The number of aromatic nitrogens is 5. The Morgan fingerprint density at radius 2 is 2.04 bits per heavy atom. The Bertz CT molecular complexity index is 1170. The molecule has 1 amide bonds. The Hall–Kier alpha value is -3.20. The second-order valence-electron chi connectivity index (χ2n) is 6.21. The first-order valence-corrected chi connectivity index (χ1v) is 9.41. The van der Waals surface area contributed by atoms with Crippen molar-refractivity contribution in [2.75, 3.05) is 7.11 Å². The summed E-state index contributed by atoms with van der Waals surface area (Å²) in [5.41, 5.74) is 3.29. The van der Waals surface area contributed by atoms with Gasteiger partial charge in [-0.1, -0.05) is 0 Å². The third-order valence-corrected chi connectivity index (χ3v) is 5.11. The molecule has 0 saturated heterocycles. The number of nitrogens with one attached hydrogen (secondary N) is 1. The van der Waals surface area contributed by atoms with Crippen LogP contribution in [0.3, 0.4) is 0 Å². The maximum absolute atomic E-state index is 11.0. The fraction of sp³-hybridized carbons (Fsp3) is 0.211. The monoisotopic (exact) mass is 394 g/mol. The fourth-order valence-corrected chi connectivity index (χ4v) is 3.47. The van der Waals surface area contributed by atoms with Gasteiger partial charge in [0.1, 0.15) is 11.3 Å². The molecule has 142 valence electrons. The molecule has 28 heavy (non-hydrogen) atoms. The molecule has 4 aromatic heterocycles. The van der Waals surface area contributed by atoms with Crippen LogP contribution in [0.15, 0.2) is 41.6 Å². The number of fused-ring (bicyclic) bond motifs is 3. The Balaban J connectivity index is 1.71. The molecule has 0 spiro atoms. The van der Waals surface area contributed by atoms with Gasteiger partial charge in [0.15, 0.2) is 5.65 Å². The van der Waals surface area contributed by atoms with Crippen molar-refractivity contribution in [2.24, 2.45) is 0 Å². The number of ether oxygens (including phenoxy) is 1. The maximum Gasteiger partial charge on any atom is 0.226 e. The summed E-state index contributed by atoms with van der Waals surface area (Å²) in [4.78, 5) is 29.9. The van der Waals surface area contributed by atoms with Gasteiger partial charge in [0.25, 0.3) is 0 Å². The Labute approximate surface area is 165 Å². The summed E-state index contributed by atoms with van der Waals surface area (Å²) in [6, 6.07) is 7.65. The second kappa shape index (κ2) is 7.43. The highest BCUT2D eigenvalue weighted by Crippen LogP contribution is 2.26. The number of hydrogen-bond donors (Lipinski definition) is 1. The van der Waals surface area contributed by atoms with Crippen LogP contribution in [-0.2, 0) is 11.3 Å². The number of imidazole rings is 1. The van der Waals surface area contributed by atoms with Crippen molar-refractivity contribution in [3.05, 3.63) is 48.2 Å². The third-order valence-electron chi connectivity index (χ3n) is 4.24. The number of aryl methyl sites for hydroxylation is 1. The van der Waals surface area contributed by atoms with E-state index in [-0.39, 0.29) is 5.91 Å². The molecule has 0 aromatic carbocycles. The van der Waals surface area contributed by atoms with Crippen molar-refractivity contribution in [1.82, 2.24) is 29.2 Å². The summed E-state index contributed by atoms with van der Waals surface area (Å²) in [5, 5.41) is 0.914. The molecule has 4 aromatic rings. The van der Waals surface area contributed by atoms with Gasteiger partial charge in [-0.3, -0.25) is 14.5 Å². The minimum atomic E-state index is -0.0969. The molecule has 4 rings (SSSR count). The predicted molar refractivity (Wildman–Crippen MR) is 107 cm³/mol. The minimum absolute atomic E-state index is 0.0969. The molecule has 4 heterocycles. The van der Waals surface area contributed by atoms with Gasteiger partial charge in [-0.25, -0.2) is 9.97 Å². The average Bonchev–Trinajstić information content (AvgIpc) is 3.02. The van der Waals surface area contributed by atoms with E-state index in [0.717, 1.165) is 32.8 Å². The SMILES string of the molecule is COc1ccc2c(ncc3nc(C)n(Cc4ccc(SNC(C)=O)cn4)c32)n1. The second-order valence-corrected chi connectivity index (χ2v) is 7.09. The molecule has 0 bridgehead atoms. The Morgan fingerprint density at radius 1 is 1.18 bits per heavy atom.